The molecular formula is C17H22N2OS. The number of benzene rings is 1. The van der Waals surface area contributed by atoms with Gasteiger partial charge in [-0.3, -0.25) is 0 Å². The van der Waals surface area contributed by atoms with Crippen LogP contribution in [0.15, 0.2) is 36.4 Å². The summed E-state index contributed by atoms with van der Waals surface area (Å²) < 4.78 is 5.84. The highest BCUT2D eigenvalue weighted by Gasteiger charge is 2.17. The lowest BCUT2D eigenvalue weighted by molar-refractivity contribution is 0.0293. The third kappa shape index (κ3) is 3.52. The first-order valence-electron chi connectivity index (χ1n) is 7.50. The van der Waals surface area contributed by atoms with Gasteiger partial charge in [-0.1, -0.05) is 24.3 Å². The van der Waals surface area contributed by atoms with Gasteiger partial charge in [0.15, 0.2) is 0 Å². The summed E-state index contributed by atoms with van der Waals surface area (Å²) in [5.41, 5.74) is 8.63. The fourth-order valence-electron chi connectivity index (χ4n) is 2.68. The van der Waals surface area contributed by atoms with Gasteiger partial charge in [-0.15, -0.1) is 11.3 Å². The van der Waals surface area contributed by atoms with Crippen molar-refractivity contribution in [1.29, 1.82) is 0 Å². The van der Waals surface area contributed by atoms with Crippen LogP contribution in [0, 0.1) is 0 Å². The summed E-state index contributed by atoms with van der Waals surface area (Å²) in [6, 6.07) is 13.0. The van der Waals surface area contributed by atoms with Crippen LogP contribution in [0.3, 0.4) is 0 Å². The maximum absolute atomic E-state index is 5.97. The second-order valence-electron chi connectivity index (χ2n) is 5.55. The lowest BCUT2D eigenvalue weighted by Crippen LogP contribution is -2.39. The van der Waals surface area contributed by atoms with Gasteiger partial charge in [-0.05, 0) is 30.2 Å². The SMILES string of the molecule is CC(N)c1ccc(-c2ccccc2CC2CNCCO2)s1. The van der Waals surface area contributed by atoms with E-state index < -0.39 is 0 Å². The summed E-state index contributed by atoms with van der Waals surface area (Å²) in [4.78, 5) is 2.53. The van der Waals surface area contributed by atoms with Gasteiger partial charge in [0.25, 0.3) is 0 Å². The van der Waals surface area contributed by atoms with Gasteiger partial charge in [0.2, 0.25) is 0 Å². The molecule has 112 valence electrons. The number of hydrogen-bond donors (Lipinski definition) is 2. The molecule has 0 bridgehead atoms. The van der Waals surface area contributed by atoms with Gasteiger partial charge in [0.1, 0.15) is 0 Å². The van der Waals surface area contributed by atoms with E-state index in [0.717, 1.165) is 26.1 Å². The van der Waals surface area contributed by atoms with Crippen molar-refractivity contribution >= 4 is 11.3 Å². The molecule has 3 N–H and O–H groups in total. The molecule has 3 nitrogen and oxygen atoms in total. The molecule has 0 amide bonds. The highest BCUT2D eigenvalue weighted by atomic mass is 32.1. The van der Waals surface area contributed by atoms with Crippen LogP contribution in [0.25, 0.3) is 10.4 Å². The van der Waals surface area contributed by atoms with Crippen molar-refractivity contribution in [2.45, 2.75) is 25.5 Å². The van der Waals surface area contributed by atoms with E-state index in [-0.39, 0.29) is 12.1 Å². The number of morpholine rings is 1. The number of nitrogens with one attached hydrogen (secondary N) is 1. The van der Waals surface area contributed by atoms with E-state index >= 15 is 0 Å². The van der Waals surface area contributed by atoms with Crippen LogP contribution in [0.2, 0.25) is 0 Å². The molecule has 4 heteroatoms. The number of thiophene rings is 1. The maximum atomic E-state index is 5.97. The van der Waals surface area contributed by atoms with Gasteiger partial charge in [-0.2, -0.15) is 0 Å². The van der Waals surface area contributed by atoms with Gasteiger partial charge in [0.05, 0.1) is 12.7 Å². The third-order valence-electron chi connectivity index (χ3n) is 3.81. The Kier molecular flexibility index (Phi) is 4.70. The Labute approximate surface area is 130 Å². The molecule has 3 rings (SSSR count). The number of rotatable bonds is 4. The predicted molar refractivity (Wildman–Crippen MR) is 88.7 cm³/mol. The van der Waals surface area contributed by atoms with Crippen molar-refractivity contribution in [3.63, 3.8) is 0 Å². The third-order valence-corrected chi connectivity index (χ3v) is 5.13. The molecule has 0 saturated carbocycles. The summed E-state index contributed by atoms with van der Waals surface area (Å²) >= 11 is 1.79. The van der Waals surface area contributed by atoms with E-state index in [1.807, 2.05) is 6.92 Å². The summed E-state index contributed by atoms with van der Waals surface area (Å²) in [6.45, 7) is 4.73. The molecule has 0 aliphatic carbocycles. The number of nitrogens with two attached hydrogens (primary N) is 1. The Morgan fingerprint density at radius 2 is 2.19 bits per heavy atom. The maximum Gasteiger partial charge on any atom is 0.0740 e. The number of ether oxygens (including phenoxy) is 1. The van der Waals surface area contributed by atoms with Gasteiger partial charge >= 0.3 is 0 Å². The lowest BCUT2D eigenvalue weighted by Gasteiger charge is -2.24. The molecule has 0 radical (unpaired) electrons. The molecule has 1 aromatic heterocycles. The molecule has 2 atom stereocenters. The molecule has 1 fully saturated rings. The van der Waals surface area contributed by atoms with E-state index in [9.17, 15) is 0 Å². The summed E-state index contributed by atoms with van der Waals surface area (Å²) in [5.74, 6) is 0. The Hall–Kier alpha value is -1.20. The fraction of sp³-hybridized carbons (Fsp3) is 0.412. The number of hydrogen-bond acceptors (Lipinski definition) is 4. The highest BCUT2D eigenvalue weighted by molar-refractivity contribution is 7.15. The second kappa shape index (κ2) is 6.71. The van der Waals surface area contributed by atoms with Crippen molar-refractivity contribution in [2.24, 2.45) is 5.73 Å². The minimum absolute atomic E-state index is 0.0989. The largest absolute Gasteiger partial charge is 0.375 e. The zero-order valence-electron chi connectivity index (χ0n) is 12.3. The smallest absolute Gasteiger partial charge is 0.0740 e. The van der Waals surface area contributed by atoms with Crippen molar-refractivity contribution in [3.05, 3.63) is 46.8 Å². The molecule has 2 heterocycles. The minimum atomic E-state index is 0.0989. The monoisotopic (exact) mass is 302 g/mol. The van der Waals surface area contributed by atoms with Gasteiger partial charge in [0, 0.05) is 35.3 Å². The Morgan fingerprint density at radius 3 is 2.90 bits per heavy atom. The van der Waals surface area contributed by atoms with Crippen LogP contribution in [-0.4, -0.2) is 25.8 Å². The van der Waals surface area contributed by atoms with E-state index in [1.54, 1.807) is 11.3 Å². The van der Waals surface area contributed by atoms with Crippen LogP contribution in [0.5, 0.6) is 0 Å². The van der Waals surface area contributed by atoms with E-state index in [0.29, 0.717) is 0 Å². The Morgan fingerprint density at radius 1 is 1.33 bits per heavy atom. The first-order chi connectivity index (χ1) is 10.2. The highest BCUT2D eigenvalue weighted by Crippen LogP contribution is 2.33. The van der Waals surface area contributed by atoms with E-state index in [1.165, 1.54) is 20.9 Å². The molecule has 2 unspecified atom stereocenters. The summed E-state index contributed by atoms with van der Waals surface area (Å²) in [6.07, 6.45) is 1.22. The topological polar surface area (TPSA) is 47.3 Å². The van der Waals surface area contributed by atoms with Crippen molar-refractivity contribution in [1.82, 2.24) is 5.32 Å². The van der Waals surface area contributed by atoms with Gasteiger partial charge in [-0.25, -0.2) is 0 Å². The summed E-state index contributed by atoms with van der Waals surface area (Å²) in [7, 11) is 0. The van der Waals surface area contributed by atoms with Crippen molar-refractivity contribution in [2.75, 3.05) is 19.7 Å². The summed E-state index contributed by atoms with van der Waals surface area (Å²) in [5, 5.41) is 3.39. The van der Waals surface area contributed by atoms with Crippen molar-refractivity contribution < 1.29 is 4.74 Å². The normalized spacial score (nSPS) is 20.4. The average Bonchev–Trinajstić information content (AvgIpc) is 2.99. The first kappa shape index (κ1) is 14.7. The molecule has 2 aromatic rings. The fourth-order valence-corrected chi connectivity index (χ4v) is 3.70. The van der Waals surface area contributed by atoms with Crippen LogP contribution in [-0.2, 0) is 11.2 Å². The molecular weight excluding hydrogens is 280 g/mol. The van der Waals surface area contributed by atoms with E-state index in [4.69, 9.17) is 10.5 Å². The molecule has 0 spiro atoms. The first-order valence-corrected chi connectivity index (χ1v) is 8.31. The molecule has 21 heavy (non-hydrogen) atoms. The van der Waals surface area contributed by atoms with Crippen LogP contribution in [0.1, 0.15) is 23.4 Å². The predicted octanol–water partition coefficient (Wildman–Crippen LogP) is 2.97. The van der Waals surface area contributed by atoms with Crippen LogP contribution < -0.4 is 11.1 Å². The zero-order chi connectivity index (χ0) is 14.7. The van der Waals surface area contributed by atoms with Crippen LogP contribution >= 0.6 is 11.3 Å². The Balaban J connectivity index is 1.84. The van der Waals surface area contributed by atoms with Gasteiger partial charge < -0.3 is 15.8 Å². The second-order valence-corrected chi connectivity index (χ2v) is 6.66. The molecule has 1 aliphatic rings. The molecule has 1 aliphatic heterocycles. The quantitative estimate of drug-likeness (QED) is 0.913. The minimum Gasteiger partial charge on any atom is -0.375 e. The lowest BCUT2D eigenvalue weighted by atomic mass is 10.00. The van der Waals surface area contributed by atoms with Crippen LogP contribution in [0.4, 0.5) is 0 Å². The van der Waals surface area contributed by atoms with E-state index in [2.05, 4.69) is 41.7 Å². The molecule has 1 aromatic carbocycles. The Bertz CT molecular complexity index is 588. The molecule has 1 saturated heterocycles. The standard InChI is InChI=1S/C17H22N2OS/c1-12(18)16-6-7-17(21-16)15-5-3-2-4-13(15)10-14-11-19-8-9-20-14/h2-7,12,14,19H,8-11,18H2,1H3. The average molecular weight is 302 g/mol. The zero-order valence-corrected chi connectivity index (χ0v) is 13.2. The van der Waals surface area contributed by atoms with Crippen molar-refractivity contribution in [3.8, 4) is 10.4 Å².